The second-order valence-electron chi connectivity index (χ2n) is 4.47. The van der Waals surface area contributed by atoms with Gasteiger partial charge in [-0.25, -0.2) is 0 Å². The highest BCUT2D eigenvalue weighted by atomic mass is 14.9. The fourth-order valence-electron chi connectivity index (χ4n) is 2.10. The summed E-state index contributed by atoms with van der Waals surface area (Å²) in [4.78, 5) is 0. The van der Waals surface area contributed by atoms with Gasteiger partial charge in [-0.15, -0.1) is 0 Å². The van der Waals surface area contributed by atoms with E-state index in [1.54, 1.807) is 0 Å². The summed E-state index contributed by atoms with van der Waals surface area (Å²) in [5, 5.41) is 1.34. The summed E-state index contributed by atoms with van der Waals surface area (Å²) in [5.41, 5.74) is 9.80. The topological polar surface area (TPSA) is 30.9 Å². The summed E-state index contributed by atoms with van der Waals surface area (Å²) in [6.07, 6.45) is 3.13. The second-order valence-corrected chi connectivity index (χ2v) is 4.47. The Hall–Kier alpha value is -1.28. The van der Waals surface area contributed by atoms with Gasteiger partial charge in [0.05, 0.1) is 0 Å². The summed E-state index contributed by atoms with van der Waals surface area (Å²) >= 11 is 0. The van der Waals surface area contributed by atoms with Crippen LogP contribution in [0.4, 0.5) is 0 Å². The van der Waals surface area contributed by atoms with Crippen molar-refractivity contribution in [2.45, 2.75) is 26.3 Å². The summed E-state index contributed by atoms with van der Waals surface area (Å²) < 4.78 is 2.17. The first-order valence-electron chi connectivity index (χ1n) is 5.38. The average molecular weight is 202 g/mol. The van der Waals surface area contributed by atoms with Crippen molar-refractivity contribution in [3.8, 4) is 0 Å². The predicted octanol–water partition coefficient (Wildman–Crippen LogP) is 2.38. The molecule has 0 aliphatic carbocycles. The van der Waals surface area contributed by atoms with Crippen LogP contribution >= 0.6 is 0 Å². The van der Waals surface area contributed by atoms with Gasteiger partial charge >= 0.3 is 0 Å². The zero-order valence-electron chi connectivity index (χ0n) is 9.62. The van der Waals surface area contributed by atoms with Crippen LogP contribution in [-0.4, -0.2) is 10.6 Å². The molecule has 0 saturated heterocycles. The van der Waals surface area contributed by atoms with Gasteiger partial charge in [-0.3, -0.25) is 0 Å². The molecule has 1 atom stereocenters. The van der Waals surface area contributed by atoms with Crippen LogP contribution in [0, 0.1) is 6.92 Å². The molecule has 2 aromatic rings. The smallest absolute Gasteiger partial charge is 0.0480 e. The number of hydrogen-bond donors (Lipinski definition) is 1. The van der Waals surface area contributed by atoms with Gasteiger partial charge in [0.2, 0.25) is 0 Å². The summed E-state index contributed by atoms with van der Waals surface area (Å²) in [7, 11) is 2.09. The van der Waals surface area contributed by atoms with E-state index in [0.717, 1.165) is 6.42 Å². The van der Waals surface area contributed by atoms with Crippen molar-refractivity contribution >= 4 is 10.9 Å². The van der Waals surface area contributed by atoms with Crippen LogP contribution in [-0.2, 0) is 13.5 Å². The Morgan fingerprint density at radius 3 is 2.80 bits per heavy atom. The molecule has 0 fully saturated rings. The van der Waals surface area contributed by atoms with Gasteiger partial charge in [-0.1, -0.05) is 11.6 Å². The fourth-order valence-corrected chi connectivity index (χ4v) is 2.10. The normalized spacial score (nSPS) is 13.3. The van der Waals surface area contributed by atoms with E-state index < -0.39 is 0 Å². The van der Waals surface area contributed by atoms with Crippen LogP contribution in [0.5, 0.6) is 0 Å². The molecule has 2 nitrogen and oxygen atoms in total. The summed E-state index contributed by atoms with van der Waals surface area (Å²) in [5.74, 6) is 0. The van der Waals surface area contributed by atoms with E-state index in [2.05, 4.69) is 49.9 Å². The molecule has 0 bridgehead atoms. The number of aromatic nitrogens is 1. The number of hydrogen-bond acceptors (Lipinski definition) is 1. The van der Waals surface area contributed by atoms with Gasteiger partial charge in [-0.05, 0) is 38.0 Å². The fraction of sp³-hybridized carbons (Fsp3) is 0.385. The molecule has 2 rings (SSSR count). The largest absolute Gasteiger partial charge is 0.350 e. The Labute approximate surface area is 90.7 Å². The molecule has 0 aliphatic heterocycles. The molecule has 0 aliphatic rings. The van der Waals surface area contributed by atoms with Crippen LogP contribution in [0.3, 0.4) is 0 Å². The van der Waals surface area contributed by atoms with Gasteiger partial charge < -0.3 is 10.3 Å². The van der Waals surface area contributed by atoms with E-state index in [9.17, 15) is 0 Å². The number of fused-ring (bicyclic) bond motifs is 1. The molecule has 1 aromatic heterocycles. The molecular formula is C13H18N2. The summed E-state index contributed by atoms with van der Waals surface area (Å²) in [6.45, 7) is 4.18. The Bertz CT molecular complexity index is 480. The van der Waals surface area contributed by atoms with Gasteiger partial charge in [0, 0.05) is 30.2 Å². The molecule has 1 heterocycles. The Morgan fingerprint density at radius 2 is 2.13 bits per heavy atom. The van der Waals surface area contributed by atoms with E-state index >= 15 is 0 Å². The van der Waals surface area contributed by atoms with E-state index in [1.807, 2.05) is 0 Å². The first-order chi connectivity index (χ1) is 7.08. The minimum absolute atomic E-state index is 0.219. The van der Waals surface area contributed by atoms with Crippen molar-refractivity contribution in [1.82, 2.24) is 4.57 Å². The van der Waals surface area contributed by atoms with Crippen molar-refractivity contribution in [2.24, 2.45) is 12.8 Å². The lowest BCUT2D eigenvalue weighted by Gasteiger charge is -2.03. The molecule has 0 radical (unpaired) electrons. The Balaban J connectivity index is 2.59. The zero-order valence-corrected chi connectivity index (χ0v) is 9.62. The Kier molecular flexibility index (Phi) is 2.53. The first-order valence-corrected chi connectivity index (χ1v) is 5.38. The number of nitrogens with two attached hydrogens (primary N) is 1. The van der Waals surface area contributed by atoms with Crippen molar-refractivity contribution in [3.05, 3.63) is 35.5 Å². The second kappa shape index (κ2) is 3.70. The van der Waals surface area contributed by atoms with Crippen LogP contribution in [0.2, 0.25) is 0 Å². The van der Waals surface area contributed by atoms with Crippen LogP contribution in [0.1, 0.15) is 18.1 Å². The van der Waals surface area contributed by atoms with Gasteiger partial charge in [-0.2, -0.15) is 0 Å². The van der Waals surface area contributed by atoms with Crippen molar-refractivity contribution in [3.63, 3.8) is 0 Å². The average Bonchev–Trinajstić information content (AvgIpc) is 2.42. The Morgan fingerprint density at radius 1 is 1.40 bits per heavy atom. The lowest BCUT2D eigenvalue weighted by molar-refractivity contribution is 0.738. The number of aryl methyl sites for hydroxylation is 2. The molecule has 0 unspecified atom stereocenters. The van der Waals surface area contributed by atoms with Crippen LogP contribution < -0.4 is 5.73 Å². The summed E-state index contributed by atoms with van der Waals surface area (Å²) in [6, 6.07) is 6.79. The molecule has 0 spiro atoms. The van der Waals surface area contributed by atoms with Crippen LogP contribution in [0.15, 0.2) is 24.4 Å². The highest BCUT2D eigenvalue weighted by Crippen LogP contribution is 2.22. The molecule has 0 amide bonds. The maximum Gasteiger partial charge on any atom is 0.0480 e. The van der Waals surface area contributed by atoms with Crippen molar-refractivity contribution < 1.29 is 0 Å². The minimum Gasteiger partial charge on any atom is -0.350 e. The lowest BCUT2D eigenvalue weighted by Crippen LogP contribution is -2.17. The van der Waals surface area contributed by atoms with E-state index in [0.29, 0.717) is 0 Å². The molecular weight excluding hydrogens is 184 g/mol. The zero-order chi connectivity index (χ0) is 11.0. The van der Waals surface area contributed by atoms with Gasteiger partial charge in [0.1, 0.15) is 0 Å². The number of rotatable bonds is 2. The highest BCUT2D eigenvalue weighted by Gasteiger charge is 2.07. The SMILES string of the molecule is Cc1ccc2c(c1)c(C[C@@H](C)N)cn2C. The third-order valence-corrected chi connectivity index (χ3v) is 2.77. The van der Waals surface area contributed by atoms with Gasteiger partial charge in [0.25, 0.3) is 0 Å². The maximum absolute atomic E-state index is 5.85. The van der Waals surface area contributed by atoms with E-state index in [1.165, 1.54) is 22.0 Å². The molecule has 15 heavy (non-hydrogen) atoms. The predicted molar refractivity (Wildman–Crippen MR) is 65.0 cm³/mol. The quantitative estimate of drug-likeness (QED) is 0.796. The van der Waals surface area contributed by atoms with Crippen molar-refractivity contribution in [1.29, 1.82) is 0 Å². The maximum atomic E-state index is 5.85. The van der Waals surface area contributed by atoms with Crippen LogP contribution in [0.25, 0.3) is 10.9 Å². The number of nitrogens with zero attached hydrogens (tertiary/aromatic N) is 1. The van der Waals surface area contributed by atoms with E-state index in [-0.39, 0.29) is 6.04 Å². The third kappa shape index (κ3) is 1.90. The standard InChI is InChI=1S/C13H18N2/c1-9-4-5-13-12(6-9)11(7-10(2)14)8-15(13)3/h4-6,8,10H,7,14H2,1-3H3/t10-/m1/s1. The molecule has 2 heteroatoms. The molecule has 0 saturated carbocycles. The van der Waals surface area contributed by atoms with E-state index in [4.69, 9.17) is 5.73 Å². The monoisotopic (exact) mass is 202 g/mol. The highest BCUT2D eigenvalue weighted by molar-refractivity contribution is 5.84. The molecule has 2 N–H and O–H groups in total. The third-order valence-electron chi connectivity index (χ3n) is 2.77. The molecule has 1 aromatic carbocycles. The van der Waals surface area contributed by atoms with Gasteiger partial charge in [0.15, 0.2) is 0 Å². The lowest BCUT2D eigenvalue weighted by atomic mass is 10.1. The van der Waals surface area contributed by atoms with Crippen molar-refractivity contribution in [2.75, 3.05) is 0 Å². The first kappa shape index (κ1) is 10.2. The molecule has 80 valence electrons. The minimum atomic E-state index is 0.219. The number of benzene rings is 1.